The largest absolute Gasteiger partial charge is 0.750 e. The minimum atomic E-state index is -2.88. The van der Waals surface area contributed by atoms with Crippen molar-refractivity contribution in [2.75, 3.05) is 0 Å². The highest BCUT2D eigenvalue weighted by molar-refractivity contribution is 7.73. The lowest BCUT2D eigenvalue weighted by atomic mass is 14.0. The number of rotatable bonds is 1. The third-order valence-electron chi connectivity index (χ3n) is 0.0556. The zero-order valence-electron chi connectivity index (χ0n) is 4.04. The van der Waals surface area contributed by atoms with Gasteiger partial charge in [0.25, 0.3) is 0 Å². The van der Waals surface area contributed by atoms with Gasteiger partial charge in [-0.25, -0.2) is 4.21 Å². The van der Waals surface area contributed by atoms with Crippen LogP contribution in [-0.4, -0.2) is 8.76 Å². The van der Waals surface area contributed by atoms with E-state index in [9.17, 15) is 0 Å². The summed E-state index contributed by atoms with van der Waals surface area (Å²) in [5.74, 6) is 0. The van der Waals surface area contributed by atoms with Gasteiger partial charge in [-0.05, 0) is 0 Å². The summed E-state index contributed by atoms with van der Waals surface area (Å²) < 4.78 is 20.1. The topological polar surface area (TPSA) is 145 Å². The number of quaternary nitrogens is 2. The van der Waals surface area contributed by atoms with Crippen molar-refractivity contribution < 1.29 is 18.4 Å². The van der Waals surface area contributed by atoms with Gasteiger partial charge >= 0.3 is 0 Å². The van der Waals surface area contributed by atoms with Crippen LogP contribution in [0.5, 0.6) is 0 Å². The van der Waals surface area contributed by atoms with Crippen LogP contribution in [0.15, 0.2) is 0 Å². The fraction of sp³-hybridized carbons (Fsp3) is 0. The Bertz CT molecular complexity index is 45.0. The molecule has 0 spiro atoms. The molecule has 0 rings (SSSR count). The molecule has 0 aliphatic carbocycles. The van der Waals surface area contributed by atoms with Crippen LogP contribution in [0.3, 0.4) is 0 Å². The first-order chi connectivity index (χ1) is 2.27. The minimum absolute atomic E-state index is 0. The van der Waals surface area contributed by atoms with Crippen molar-refractivity contribution in [3.8, 4) is 0 Å². The zero-order valence-corrected chi connectivity index (χ0v) is 4.86. The van der Waals surface area contributed by atoms with E-state index in [-0.39, 0.29) is 12.3 Å². The molecule has 0 aromatic carbocycles. The van der Waals surface area contributed by atoms with E-state index in [2.05, 4.69) is 4.33 Å². The van der Waals surface area contributed by atoms with E-state index in [0.717, 1.165) is 0 Å². The molecule has 0 aliphatic rings. The molecule has 0 bridgehead atoms. The third kappa shape index (κ3) is 24.4. The van der Waals surface area contributed by atoms with E-state index >= 15 is 0 Å². The van der Waals surface area contributed by atoms with Crippen molar-refractivity contribution in [1.29, 1.82) is 0 Å². The van der Waals surface area contributed by atoms with Crippen LogP contribution < -0.4 is 17.6 Å². The maximum absolute atomic E-state index is 8.83. The summed E-state index contributed by atoms with van der Waals surface area (Å²) in [4.78, 5) is 0. The summed E-state index contributed by atoms with van der Waals surface area (Å²) in [5, 5.41) is 8.52. The monoisotopic (exact) mass is 132 g/mol. The number of hydrogen-bond acceptors (Lipinski definition) is 4. The van der Waals surface area contributed by atoms with Gasteiger partial charge in [0.05, 0.1) is 11.4 Å². The quantitative estimate of drug-likeness (QED) is 0.262. The molecule has 0 saturated carbocycles. The van der Waals surface area contributed by atoms with Gasteiger partial charge in [0, 0.05) is 0 Å². The van der Waals surface area contributed by atoms with Gasteiger partial charge in [-0.15, -0.1) is 0 Å². The third-order valence-corrected chi connectivity index (χ3v) is 0.167. The van der Waals surface area contributed by atoms with Crippen LogP contribution in [0.25, 0.3) is 0 Å². The van der Waals surface area contributed by atoms with Crippen LogP contribution in [0.2, 0.25) is 0 Å². The first kappa shape index (κ1) is 15.8. The molecule has 0 fully saturated rings. The molecule has 0 radical (unpaired) electrons. The summed E-state index contributed by atoms with van der Waals surface area (Å²) in [6.45, 7) is 0. The molecule has 0 saturated heterocycles. The van der Waals surface area contributed by atoms with E-state index in [1.165, 1.54) is 0 Å². The molecule has 1 atom stereocenters. The van der Waals surface area contributed by atoms with Crippen molar-refractivity contribution in [2.45, 2.75) is 0 Å². The maximum atomic E-state index is 8.83. The summed E-state index contributed by atoms with van der Waals surface area (Å²) in [6.07, 6.45) is 0. The fourth-order valence-corrected chi connectivity index (χ4v) is 0. The molecule has 0 aliphatic heterocycles. The van der Waals surface area contributed by atoms with Gasteiger partial charge in [0.2, 0.25) is 0 Å². The highest BCUT2D eigenvalue weighted by Crippen LogP contribution is 1.57. The maximum Gasteiger partial charge on any atom is 0.0748 e. The van der Waals surface area contributed by atoms with Crippen molar-refractivity contribution in [3.63, 3.8) is 0 Å². The minimum Gasteiger partial charge on any atom is -0.750 e. The lowest BCUT2D eigenvalue weighted by Gasteiger charge is -2.05. The second kappa shape index (κ2) is 9.34. The fourth-order valence-electron chi connectivity index (χ4n) is 0. The van der Waals surface area contributed by atoms with E-state index in [4.69, 9.17) is 14.0 Å². The average Bonchev–Trinajstić information content (AvgIpc) is 1.38. The van der Waals surface area contributed by atoms with Gasteiger partial charge in [-0.3, -0.25) is 0 Å². The Kier molecular flexibility index (Phi) is 21.1. The molecule has 7 heavy (non-hydrogen) atoms. The zero-order chi connectivity index (χ0) is 4.28. The Labute approximate surface area is 43.1 Å². The lowest BCUT2D eigenvalue weighted by molar-refractivity contribution is -0.635. The summed E-state index contributed by atoms with van der Waals surface area (Å²) in [7, 11) is 0. The van der Waals surface area contributed by atoms with Gasteiger partial charge in [-0.2, -0.15) is 0 Å². The van der Waals surface area contributed by atoms with Crippen LogP contribution >= 0.6 is 0 Å². The van der Waals surface area contributed by atoms with Crippen LogP contribution in [0.1, 0.15) is 0 Å². The highest BCUT2D eigenvalue weighted by atomic mass is 32.2. The second-order valence-corrected chi connectivity index (χ2v) is 0.816. The normalized spacial score (nSPS) is 10.6. The highest BCUT2D eigenvalue weighted by Gasteiger charge is 1.51. The summed E-state index contributed by atoms with van der Waals surface area (Å²) in [6, 6.07) is 0. The standard InChI is InChI=1S/2H3N.H2O4S/c;;1-4-5(2)3/h2*1H3;1H,(H,2,3). The number of hydrogen-bond donors (Lipinski definition) is 2. The van der Waals surface area contributed by atoms with Crippen LogP contribution in [0, 0.1) is 0 Å². The van der Waals surface area contributed by atoms with E-state index in [1.807, 2.05) is 0 Å². The molecule has 48 valence electrons. The molecular formula is H8N2O4S. The molecule has 0 aromatic heterocycles. The summed E-state index contributed by atoms with van der Waals surface area (Å²) in [5.41, 5.74) is 0. The SMILES string of the molecule is O=S([O-])O[O-].[NH4+].[NH4+]. The van der Waals surface area contributed by atoms with Gasteiger partial charge < -0.3 is 26.4 Å². The summed E-state index contributed by atoms with van der Waals surface area (Å²) >= 11 is -2.88. The predicted octanol–water partition coefficient (Wildman–Crippen LogP) is -1.18. The van der Waals surface area contributed by atoms with Crippen molar-refractivity contribution in [3.05, 3.63) is 0 Å². The molecule has 6 nitrogen and oxygen atoms in total. The Balaban J connectivity index is -0.0000000800. The molecule has 0 amide bonds. The molecule has 1 unspecified atom stereocenters. The van der Waals surface area contributed by atoms with Crippen molar-refractivity contribution in [1.82, 2.24) is 12.3 Å². The van der Waals surface area contributed by atoms with Crippen LogP contribution in [0.4, 0.5) is 0 Å². The predicted molar refractivity (Wildman–Crippen MR) is 22.0 cm³/mol. The molecule has 0 heterocycles. The van der Waals surface area contributed by atoms with Crippen molar-refractivity contribution in [2.24, 2.45) is 0 Å². The Morgan fingerprint density at radius 1 is 1.43 bits per heavy atom. The van der Waals surface area contributed by atoms with Crippen LogP contribution in [-0.2, 0) is 15.7 Å². The Hall–Kier alpha value is -0.0500. The van der Waals surface area contributed by atoms with E-state index in [1.54, 1.807) is 0 Å². The molecule has 8 N–H and O–H groups in total. The Morgan fingerprint density at radius 3 is 1.57 bits per heavy atom. The van der Waals surface area contributed by atoms with Gasteiger partial charge in [0.1, 0.15) is 0 Å². The first-order valence-corrected chi connectivity index (χ1v) is 1.67. The van der Waals surface area contributed by atoms with Crippen molar-refractivity contribution >= 4 is 11.4 Å². The van der Waals surface area contributed by atoms with Gasteiger partial charge in [0.15, 0.2) is 0 Å². The average molecular weight is 132 g/mol. The van der Waals surface area contributed by atoms with E-state index in [0.29, 0.717) is 0 Å². The van der Waals surface area contributed by atoms with Gasteiger partial charge in [-0.1, -0.05) is 0 Å². The lowest BCUT2D eigenvalue weighted by Crippen LogP contribution is -2.06. The molecule has 7 heteroatoms. The smallest absolute Gasteiger partial charge is 0.0748 e. The second-order valence-electron chi connectivity index (χ2n) is 0.272. The molecule has 0 aromatic rings. The van der Waals surface area contributed by atoms with E-state index < -0.39 is 11.4 Å². The molecular weight excluding hydrogens is 124 g/mol. The first-order valence-electron chi connectivity index (χ1n) is 0.667. The Morgan fingerprint density at radius 2 is 1.57 bits per heavy atom.